The molecule has 1 aromatic heterocycles. The first-order chi connectivity index (χ1) is 9.10. The van der Waals surface area contributed by atoms with Crippen molar-refractivity contribution < 1.29 is 18.4 Å². The van der Waals surface area contributed by atoms with E-state index < -0.39 is 17.7 Å². The SMILES string of the molecule is N#CCC(O)Cc1nc(-c2ccc(F)c(F)c2)no1. The maximum Gasteiger partial charge on any atom is 0.229 e. The lowest BCUT2D eigenvalue weighted by molar-refractivity contribution is 0.167. The molecule has 7 heteroatoms. The van der Waals surface area contributed by atoms with Gasteiger partial charge in [-0.15, -0.1) is 0 Å². The van der Waals surface area contributed by atoms with Crippen LogP contribution in [0.1, 0.15) is 12.3 Å². The molecule has 0 aliphatic carbocycles. The van der Waals surface area contributed by atoms with E-state index in [9.17, 15) is 13.9 Å². The standard InChI is InChI=1S/C12H9F2N3O2/c13-9-2-1-7(5-10(9)14)12-16-11(19-17-12)6-8(18)3-4-15/h1-2,5,8,18H,3,6H2. The first-order valence-electron chi connectivity index (χ1n) is 5.43. The Morgan fingerprint density at radius 1 is 1.37 bits per heavy atom. The first kappa shape index (κ1) is 13.1. The maximum atomic E-state index is 13.0. The van der Waals surface area contributed by atoms with Gasteiger partial charge in [-0.1, -0.05) is 5.16 Å². The molecule has 0 saturated carbocycles. The van der Waals surface area contributed by atoms with Gasteiger partial charge in [-0.2, -0.15) is 10.2 Å². The van der Waals surface area contributed by atoms with Gasteiger partial charge in [0.2, 0.25) is 11.7 Å². The van der Waals surface area contributed by atoms with Crippen molar-refractivity contribution in [1.82, 2.24) is 10.1 Å². The number of hydrogen-bond donors (Lipinski definition) is 1. The Hall–Kier alpha value is -2.33. The average Bonchev–Trinajstić information content (AvgIpc) is 2.81. The van der Waals surface area contributed by atoms with E-state index in [1.165, 1.54) is 6.07 Å². The highest BCUT2D eigenvalue weighted by Crippen LogP contribution is 2.19. The van der Waals surface area contributed by atoms with Gasteiger partial charge in [0.05, 0.1) is 25.0 Å². The highest BCUT2D eigenvalue weighted by Gasteiger charge is 2.14. The van der Waals surface area contributed by atoms with Crippen molar-refractivity contribution in [3.05, 3.63) is 35.7 Å². The van der Waals surface area contributed by atoms with E-state index in [2.05, 4.69) is 10.1 Å². The quantitative estimate of drug-likeness (QED) is 0.911. The van der Waals surface area contributed by atoms with Gasteiger partial charge in [-0.25, -0.2) is 8.78 Å². The molecule has 19 heavy (non-hydrogen) atoms. The second-order valence-electron chi connectivity index (χ2n) is 3.86. The minimum atomic E-state index is -1.01. The third kappa shape index (κ3) is 3.11. The number of aliphatic hydroxyl groups is 1. The summed E-state index contributed by atoms with van der Waals surface area (Å²) in [4.78, 5) is 3.94. The number of nitriles is 1. The van der Waals surface area contributed by atoms with E-state index in [4.69, 9.17) is 9.78 Å². The van der Waals surface area contributed by atoms with Crippen LogP contribution in [-0.2, 0) is 6.42 Å². The zero-order chi connectivity index (χ0) is 13.8. The van der Waals surface area contributed by atoms with Crippen molar-refractivity contribution in [2.24, 2.45) is 0 Å². The van der Waals surface area contributed by atoms with Gasteiger partial charge in [-0.3, -0.25) is 0 Å². The van der Waals surface area contributed by atoms with Crippen molar-refractivity contribution in [3.8, 4) is 17.5 Å². The van der Waals surface area contributed by atoms with Crippen LogP contribution in [0.4, 0.5) is 8.78 Å². The molecule has 0 fully saturated rings. The molecular formula is C12H9F2N3O2. The zero-order valence-corrected chi connectivity index (χ0v) is 9.68. The third-order valence-corrected chi connectivity index (χ3v) is 2.38. The number of halogens is 2. The van der Waals surface area contributed by atoms with E-state index in [0.29, 0.717) is 0 Å². The minimum absolute atomic E-state index is 0.0320. The molecule has 0 bridgehead atoms. The van der Waals surface area contributed by atoms with Crippen molar-refractivity contribution in [3.63, 3.8) is 0 Å². The lowest BCUT2D eigenvalue weighted by Crippen LogP contribution is -2.09. The number of rotatable bonds is 4. The van der Waals surface area contributed by atoms with Crippen LogP contribution in [-0.4, -0.2) is 21.4 Å². The molecule has 0 aliphatic rings. The van der Waals surface area contributed by atoms with Gasteiger partial charge in [0.15, 0.2) is 11.6 Å². The van der Waals surface area contributed by atoms with Crippen molar-refractivity contribution in [1.29, 1.82) is 5.26 Å². The van der Waals surface area contributed by atoms with Gasteiger partial charge < -0.3 is 9.63 Å². The summed E-state index contributed by atoms with van der Waals surface area (Å²) in [5.41, 5.74) is 0.267. The first-order valence-corrected chi connectivity index (χ1v) is 5.43. The summed E-state index contributed by atoms with van der Waals surface area (Å²) in [6.45, 7) is 0. The van der Waals surface area contributed by atoms with Gasteiger partial charge in [0, 0.05) is 5.56 Å². The fourth-order valence-corrected chi connectivity index (χ4v) is 1.47. The summed E-state index contributed by atoms with van der Waals surface area (Å²) in [7, 11) is 0. The molecule has 0 radical (unpaired) electrons. The lowest BCUT2D eigenvalue weighted by atomic mass is 10.2. The molecular weight excluding hydrogens is 256 g/mol. The minimum Gasteiger partial charge on any atom is -0.392 e. The molecule has 5 nitrogen and oxygen atoms in total. The zero-order valence-electron chi connectivity index (χ0n) is 9.68. The fraction of sp³-hybridized carbons (Fsp3) is 0.250. The summed E-state index contributed by atoms with van der Waals surface area (Å²) in [6.07, 6.45) is -0.920. The Labute approximate surface area is 107 Å². The average molecular weight is 265 g/mol. The van der Waals surface area contributed by atoms with Gasteiger partial charge in [-0.05, 0) is 18.2 Å². The molecule has 0 saturated heterocycles. The van der Waals surface area contributed by atoms with Crippen LogP contribution >= 0.6 is 0 Å². The second kappa shape index (κ2) is 5.54. The summed E-state index contributed by atoms with van der Waals surface area (Å²) >= 11 is 0. The Kier molecular flexibility index (Phi) is 3.82. The smallest absolute Gasteiger partial charge is 0.229 e. The van der Waals surface area contributed by atoms with Crippen LogP contribution in [0.3, 0.4) is 0 Å². The molecule has 0 aliphatic heterocycles. The van der Waals surface area contributed by atoms with Crippen LogP contribution in [0.25, 0.3) is 11.4 Å². The molecule has 0 spiro atoms. The molecule has 1 atom stereocenters. The van der Waals surface area contributed by atoms with Crippen LogP contribution in [0.2, 0.25) is 0 Å². The van der Waals surface area contributed by atoms with Crippen LogP contribution in [0.5, 0.6) is 0 Å². The Bertz CT molecular complexity index is 622. The predicted molar refractivity (Wildman–Crippen MR) is 59.6 cm³/mol. The Morgan fingerprint density at radius 3 is 2.84 bits per heavy atom. The van der Waals surface area contributed by atoms with Gasteiger partial charge >= 0.3 is 0 Å². The lowest BCUT2D eigenvalue weighted by Gasteiger charge is -1.99. The fourth-order valence-electron chi connectivity index (χ4n) is 1.47. The van der Waals surface area contributed by atoms with E-state index in [1.54, 1.807) is 0 Å². The number of nitrogens with zero attached hydrogens (tertiary/aromatic N) is 3. The van der Waals surface area contributed by atoms with E-state index in [0.717, 1.165) is 12.1 Å². The van der Waals surface area contributed by atoms with Gasteiger partial charge in [0.1, 0.15) is 0 Å². The van der Waals surface area contributed by atoms with Crippen LogP contribution < -0.4 is 0 Å². The molecule has 1 aromatic carbocycles. The van der Waals surface area contributed by atoms with Crippen LogP contribution in [0, 0.1) is 23.0 Å². The number of hydrogen-bond acceptors (Lipinski definition) is 5. The second-order valence-corrected chi connectivity index (χ2v) is 3.86. The highest BCUT2D eigenvalue weighted by molar-refractivity contribution is 5.54. The monoisotopic (exact) mass is 265 g/mol. The Balaban J connectivity index is 2.16. The van der Waals surface area contributed by atoms with Crippen molar-refractivity contribution in [2.75, 3.05) is 0 Å². The maximum absolute atomic E-state index is 13.0. The van der Waals surface area contributed by atoms with E-state index in [-0.39, 0.29) is 30.1 Å². The molecule has 2 rings (SSSR count). The summed E-state index contributed by atoms with van der Waals surface area (Å²) < 4.78 is 30.7. The molecule has 1 heterocycles. The van der Waals surface area contributed by atoms with Crippen molar-refractivity contribution in [2.45, 2.75) is 18.9 Å². The topological polar surface area (TPSA) is 82.9 Å². The van der Waals surface area contributed by atoms with Gasteiger partial charge in [0.25, 0.3) is 0 Å². The molecule has 98 valence electrons. The summed E-state index contributed by atoms with van der Waals surface area (Å²) in [5, 5.41) is 21.4. The molecule has 1 unspecified atom stereocenters. The molecule has 0 amide bonds. The highest BCUT2D eigenvalue weighted by atomic mass is 19.2. The number of benzene rings is 1. The molecule has 2 aromatic rings. The Morgan fingerprint density at radius 2 is 2.16 bits per heavy atom. The largest absolute Gasteiger partial charge is 0.392 e. The third-order valence-electron chi connectivity index (χ3n) is 2.38. The normalized spacial score (nSPS) is 12.1. The summed E-state index contributed by atoms with van der Waals surface area (Å²) in [6, 6.07) is 5.04. The van der Waals surface area contributed by atoms with E-state index >= 15 is 0 Å². The molecule has 1 N–H and O–H groups in total. The van der Waals surface area contributed by atoms with E-state index in [1.807, 2.05) is 6.07 Å². The van der Waals surface area contributed by atoms with Crippen LogP contribution in [0.15, 0.2) is 22.7 Å². The van der Waals surface area contributed by atoms with Crippen molar-refractivity contribution >= 4 is 0 Å². The summed E-state index contributed by atoms with van der Waals surface area (Å²) in [5.74, 6) is -1.74. The predicted octanol–water partition coefficient (Wildman–Crippen LogP) is 1.83. The number of aromatic nitrogens is 2. The number of aliphatic hydroxyl groups excluding tert-OH is 1.